The molecule has 0 saturated heterocycles. The summed E-state index contributed by atoms with van der Waals surface area (Å²) >= 11 is 0. The first kappa shape index (κ1) is 45.1. The van der Waals surface area contributed by atoms with Crippen LogP contribution in [0.5, 0.6) is 0 Å². The summed E-state index contributed by atoms with van der Waals surface area (Å²) in [6.45, 7) is 7.92. The van der Waals surface area contributed by atoms with Gasteiger partial charge in [-0.3, -0.25) is 14.6 Å². The quantitative estimate of drug-likeness (QED) is 0.0393. The Morgan fingerprint density at radius 2 is 1.35 bits per heavy atom. The molecule has 0 aliphatic rings. The van der Waals surface area contributed by atoms with Gasteiger partial charge in [0.15, 0.2) is 0 Å². The van der Waals surface area contributed by atoms with E-state index in [0.717, 1.165) is 57.2 Å². The number of carbonyl (C=O) groups is 2. The fourth-order valence-electron chi connectivity index (χ4n) is 3.60. The third-order valence-electron chi connectivity index (χ3n) is 6.11. The van der Waals surface area contributed by atoms with Gasteiger partial charge >= 0.3 is 0 Å². The summed E-state index contributed by atoms with van der Waals surface area (Å²) < 4.78 is 0. The van der Waals surface area contributed by atoms with Crippen LogP contribution in [0.15, 0.2) is 97.4 Å². The summed E-state index contributed by atoms with van der Waals surface area (Å²) in [5.41, 5.74) is 0.508. The number of aromatic nitrogens is 1. The average Bonchev–Trinajstić information content (AvgIpc) is 3.09. The van der Waals surface area contributed by atoms with Crippen molar-refractivity contribution in [3.05, 3.63) is 103 Å². The van der Waals surface area contributed by atoms with Crippen LogP contribution in [0.3, 0.4) is 0 Å². The van der Waals surface area contributed by atoms with E-state index in [1.807, 2.05) is 21.6 Å². The molecule has 5 N–H and O–H groups in total. The van der Waals surface area contributed by atoms with Gasteiger partial charge < -0.3 is 26.2 Å². The second kappa shape index (κ2) is 35.4. The van der Waals surface area contributed by atoms with Gasteiger partial charge in [0.05, 0.1) is 24.8 Å². The highest BCUT2D eigenvalue weighted by atomic mass is 33.1. The fraction of sp³-hybridized carbons (Fsp3) is 0.500. The molecule has 0 spiro atoms. The Bertz CT molecular complexity index is 1090. The molecule has 0 aliphatic carbocycles. The maximum absolute atomic E-state index is 11.7. The molecule has 0 atom stereocenters. The van der Waals surface area contributed by atoms with Crippen LogP contribution in [-0.2, 0) is 4.79 Å². The highest BCUT2D eigenvalue weighted by Crippen LogP contribution is 2.25. The third-order valence-corrected chi connectivity index (χ3v) is 9.07. The van der Waals surface area contributed by atoms with Gasteiger partial charge in [0, 0.05) is 49.5 Å². The molecule has 48 heavy (non-hydrogen) atoms. The van der Waals surface area contributed by atoms with Crippen LogP contribution in [0.25, 0.3) is 0 Å². The number of amides is 2. The fourth-order valence-corrected chi connectivity index (χ4v) is 5.51. The van der Waals surface area contributed by atoms with E-state index in [-0.39, 0.29) is 31.1 Å². The Morgan fingerprint density at radius 3 is 1.85 bits per heavy atom. The van der Waals surface area contributed by atoms with E-state index in [9.17, 15) is 9.59 Å². The van der Waals surface area contributed by atoms with Crippen molar-refractivity contribution in [2.24, 2.45) is 0 Å². The number of nitrogens with zero attached hydrogens (tertiary/aromatic N) is 1. The van der Waals surface area contributed by atoms with Gasteiger partial charge in [-0.1, -0.05) is 115 Å². The lowest BCUT2D eigenvalue weighted by Gasteiger charge is -2.13. The Morgan fingerprint density at radius 1 is 0.792 bits per heavy atom. The van der Waals surface area contributed by atoms with Crippen LogP contribution in [0, 0.1) is 0 Å². The van der Waals surface area contributed by atoms with Crippen LogP contribution in [0.2, 0.25) is 0 Å². The number of aliphatic hydroxyl groups is 2. The molecule has 0 bridgehead atoms. The van der Waals surface area contributed by atoms with Crippen molar-refractivity contribution < 1.29 is 19.8 Å². The average molecular weight is 701 g/mol. The van der Waals surface area contributed by atoms with Crippen molar-refractivity contribution in [1.82, 2.24) is 20.9 Å². The molecule has 0 unspecified atom stereocenters. The van der Waals surface area contributed by atoms with E-state index < -0.39 is 0 Å². The third kappa shape index (κ3) is 31.7. The molecule has 1 heterocycles. The SMILES string of the molecule is CC/C=C\C/C=C\C/C=C\C/C=C\C/C=C\C/C=C\CCC(=O)NCCSSC(C)C.O=C(NCCNC(CO)CO)c1cccnc1. The van der Waals surface area contributed by atoms with E-state index in [1.165, 1.54) is 6.20 Å². The monoisotopic (exact) mass is 700 g/mol. The van der Waals surface area contributed by atoms with Gasteiger partial charge in [0.1, 0.15) is 0 Å². The first-order chi connectivity index (χ1) is 23.4. The molecule has 0 aliphatic heterocycles. The van der Waals surface area contributed by atoms with Crippen LogP contribution in [0.1, 0.15) is 82.5 Å². The molecule has 0 fully saturated rings. The zero-order chi connectivity index (χ0) is 35.3. The highest BCUT2D eigenvalue weighted by Gasteiger charge is 2.06. The lowest BCUT2D eigenvalue weighted by molar-refractivity contribution is -0.120. The molecule has 0 radical (unpaired) electrons. The summed E-state index contributed by atoms with van der Waals surface area (Å²) in [6, 6.07) is 3.03. The van der Waals surface area contributed by atoms with Gasteiger partial charge in [0.2, 0.25) is 5.91 Å². The van der Waals surface area contributed by atoms with Crippen LogP contribution < -0.4 is 16.0 Å². The normalized spacial score (nSPS) is 12.1. The Balaban J connectivity index is 0.00000109. The second-order valence-electron chi connectivity index (χ2n) is 10.8. The van der Waals surface area contributed by atoms with Crippen molar-refractivity contribution in [3.63, 3.8) is 0 Å². The topological polar surface area (TPSA) is 124 Å². The molecular weight excluding hydrogens is 641 g/mol. The van der Waals surface area contributed by atoms with E-state index in [2.05, 4.69) is 115 Å². The lowest BCUT2D eigenvalue weighted by atomic mass is 10.2. The number of nitrogens with one attached hydrogen (secondary N) is 3. The maximum atomic E-state index is 11.7. The van der Waals surface area contributed by atoms with Gasteiger partial charge in [-0.15, -0.1) is 0 Å². The highest BCUT2D eigenvalue weighted by molar-refractivity contribution is 8.76. The summed E-state index contributed by atoms with van der Waals surface area (Å²) in [5, 5.41) is 26.8. The number of allylic oxidation sites excluding steroid dienone is 12. The van der Waals surface area contributed by atoms with Crippen LogP contribution in [-0.4, -0.2) is 76.9 Å². The van der Waals surface area contributed by atoms with E-state index in [0.29, 0.717) is 30.3 Å². The van der Waals surface area contributed by atoms with Gasteiger partial charge in [-0.05, 0) is 57.1 Å². The van der Waals surface area contributed by atoms with E-state index in [1.54, 1.807) is 18.3 Å². The summed E-state index contributed by atoms with van der Waals surface area (Å²) in [4.78, 5) is 27.1. The number of aliphatic hydroxyl groups excluding tert-OH is 2. The first-order valence-corrected chi connectivity index (χ1v) is 19.4. The van der Waals surface area contributed by atoms with Gasteiger partial charge in [-0.25, -0.2) is 0 Å². The van der Waals surface area contributed by atoms with Crippen molar-refractivity contribution in [2.75, 3.05) is 38.6 Å². The molecule has 8 nitrogen and oxygen atoms in total. The second-order valence-corrected chi connectivity index (χ2v) is 13.8. The first-order valence-electron chi connectivity index (χ1n) is 17.0. The number of rotatable bonds is 26. The molecular formula is C38H60N4O4S2. The van der Waals surface area contributed by atoms with Crippen molar-refractivity contribution >= 4 is 33.4 Å². The van der Waals surface area contributed by atoms with E-state index in [4.69, 9.17) is 10.2 Å². The van der Waals surface area contributed by atoms with Crippen molar-refractivity contribution in [2.45, 2.75) is 83.4 Å². The van der Waals surface area contributed by atoms with Gasteiger partial charge in [-0.2, -0.15) is 0 Å². The lowest BCUT2D eigenvalue weighted by Crippen LogP contribution is -2.40. The summed E-state index contributed by atoms with van der Waals surface area (Å²) in [5.74, 6) is 0.924. The molecule has 0 aromatic carbocycles. The molecule has 1 rings (SSSR count). The predicted octanol–water partition coefficient (Wildman–Crippen LogP) is 7.12. The molecule has 1 aromatic rings. The zero-order valence-electron chi connectivity index (χ0n) is 29.3. The van der Waals surface area contributed by atoms with Crippen molar-refractivity contribution in [3.8, 4) is 0 Å². The summed E-state index contributed by atoms with van der Waals surface area (Å²) in [6.07, 6.45) is 36.8. The van der Waals surface area contributed by atoms with E-state index >= 15 is 0 Å². The zero-order valence-corrected chi connectivity index (χ0v) is 30.9. The molecule has 10 heteroatoms. The van der Waals surface area contributed by atoms with Crippen molar-refractivity contribution in [1.29, 1.82) is 0 Å². The Labute approximate surface area is 298 Å². The number of hydrogen-bond donors (Lipinski definition) is 5. The predicted molar refractivity (Wildman–Crippen MR) is 208 cm³/mol. The molecule has 268 valence electrons. The minimum atomic E-state index is -0.342. The minimum Gasteiger partial charge on any atom is -0.395 e. The number of pyridine rings is 1. The molecule has 1 aromatic heterocycles. The summed E-state index contributed by atoms with van der Waals surface area (Å²) in [7, 11) is 3.68. The minimum absolute atomic E-state index is 0.132. The standard InChI is InChI=1S/C27H43NOS2.C11H17N3O3/c1-4-5-6-7-8-9-10-11-12-13-14-15-16-17-18-19-20-21-22-23-27(29)28-24-25-30-31-26(2)3;15-7-10(8-16)13-4-5-14-11(17)9-2-1-3-12-6-9/h5-6,8-9,11-12,14-15,17-18,20-21,26H,4,7,10,13,16,19,22-25H2,1-3H3,(H,28,29);1-3,6,10,13,15-16H,4-5,7-8H2,(H,14,17)/b6-5-,9-8-,12-11-,15-14-,18-17-,21-20-;. The molecule has 0 saturated carbocycles. The Kier molecular flexibility index (Phi) is 33.3. The molecule has 2 amide bonds. The number of carbonyl (C=O) groups excluding carboxylic acids is 2. The maximum Gasteiger partial charge on any atom is 0.252 e. The largest absolute Gasteiger partial charge is 0.395 e. The van der Waals surface area contributed by atoms with Crippen LogP contribution >= 0.6 is 21.6 Å². The smallest absolute Gasteiger partial charge is 0.252 e. The van der Waals surface area contributed by atoms with Crippen LogP contribution in [0.4, 0.5) is 0 Å². The number of hydrogen-bond acceptors (Lipinski definition) is 8. The van der Waals surface area contributed by atoms with Gasteiger partial charge in [0.25, 0.3) is 5.91 Å². The Hall–Kier alpha value is -2.89.